The molecule has 31 heavy (non-hydrogen) atoms. The highest BCUT2D eigenvalue weighted by Gasteiger charge is 2.38. The molecule has 0 spiro atoms. The number of amides is 2. The van der Waals surface area contributed by atoms with Crippen molar-refractivity contribution in [3.8, 4) is 5.75 Å². The Morgan fingerprint density at radius 2 is 1.68 bits per heavy atom. The molecule has 1 unspecified atom stereocenters. The minimum atomic E-state index is -4.17. The Hall–Kier alpha value is -2.91. The lowest BCUT2D eigenvalue weighted by Crippen LogP contribution is -2.53. The first-order valence-electron chi connectivity index (χ1n) is 9.92. The zero-order chi connectivity index (χ0) is 23.0. The summed E-state index contributed by atoms with van der Waals surface area (Å²) in [5.74, 6) is -1.27. The molecule has 2 aromatic carbocycles. The van der Waals surface area contributed by atoms with Gasteiger partial charge < -0.3 is 15.8 Å². The summed E-state index contributed by atoms with van der Waals surface area (Å²) in [6.45, 7) is 3.18. The number of hydrogen-bond acceptors (Lipinski definition) is 5. The fourth-order valence-corrected chi connectivity index (χ4v) is 4.89. The van der Waals surface area contributed by atoms with E-state index in [1.54, 1.807) is 13.8 Å². The van der Waals surface area contributed by atoms with Gasteiger partial charge in [0.2, 0.25) is 21.8 Å². The predicted molar refractivity (Wildman–Crippen MR) is 118 cm³/mol. The maximum atomic E-state index is 13.3. The van der Waals surface area contributed by atoms with E-state index in [4.69, 9.17) is 10.5 Å². The molecular weight excluding hydrogens is 418 g/mol. The van der Waals surface area contributed by atoms with Crippen molar-refractivity contribution in [2.24, 2.45) is 11.7 Å². The summed E-state index contributed by atoms with van der Waals surface area (Å²) in [5, 5.41) is 2.72. The summed E-state index contributed by atoms with van der Waals surface area (Å²) in [6.07, 6.45) is 0.598. The molecule has 0 radical (unpaired) electrons. The van der Waals surface area contributed by atoms with E-state index in [-0.39, 0.29) is 4.90 Å². The van der Waals surface area contributed by atoms with Crippen LogP contribution in [0.5, 0.6) is 5.75 Å². The van der Waals surface area contributed by atoms with E-state index in [0.717, 1.165) is 9.87 Å². The molecular formula is C22H29N3O5S. The molecule has 9 heteroatoms. The lowest BCUT2D eigenvalue weighted by molar-refractivity contribution is -0.125. The number of rotatable bonds is 11. The summed E-state index contributed by atoms with van der Waals surface area (Å²) in [7, 11) is -2.70. The van der Waals surface area contributed by atoms with Crippen LogP contribution in [-0.2, 0) is 26.0 Å². The fourth-order valence-electron chi connectivity index (χ4n) is 3.21. The monoisotopic (exact) mass is 447 g/mol. The fraction of sp³-hybridized carbons (Fsp3) is 0.364. The van der Waals surface area contributed by atoms with Crippen LogP contribution in [0.4, 0.5) is 0 Å². The Morgan fingerprint density at radius 3 is 2.19 bits per heavy atom. The smallest absolute Gasteiger partial charge is 0.244 e. The van der Waals surface area contributed by atoms with E-state index in [1.807, 2.05) is 30.3 Å². The molecule has 8 nitrogen and oxygen atoms in total. The van der Waals surface area contributed by atoms with Crippen molar-refractivity contribution >= 4 is 21.8 Å². The molecule has 1 atom stereocenters. The first-order chi connectivity index (χ1) is 14.7. The average molecular weight is 448 g/mol. The molecule has 0 fully saturated rings. The van der Waals surface area contributed by atoms with Crippen LogP contribution >= 0.6 is 0 Å². The lowest BCUT2D eigenvalue weighted by atomic mass is 10.0. The summed E-state index contributed by atoms with van der Waals surface area (Å²) < 4.78 is 32.6. The zero-order valence-electron chi connectivity index (χ0n) is 17.9. The van der Waals surface area contributed by atoms with Crippen molar-refractivity contribution in [1.82, 2.24) is 9.62 Å². The van der Waals surface area contributed by atoms with Crippen LogP contribution in [0.3, 0.4) is 0 Å². The number of carbonyl (C=O) groups is 2. The predicted octanol–water partition coefficient (Wildman–Crippen LogP) is 1.55. The molecule has 0 saturated heterocycles. The molecule has 0 aliphatic carbocycles. The number of ether oxygens (including phenoxy) is 1. The molecule has 0 bridgehead atoms. The van der Waals surface area contributed by atoms with Gasteiger partial charge in [-0.15, -0.1) is 0 Å². The number of hydrogen-bond donors (Lipinski definition) is 2. The van der Waals surface area contributed by atoms with Gasteiger partial charge in [0.1, 0.15) is 11.8 Å². The summed E-state index contributed by atoms with van der Waals surface area (Å²) in [5.41, 5.74) is 6.56. The highest BCUT2D eigenvalue weighted by molar-refractivity contribution is 7.89. The number of methoxy groups -OCH3 is 1. The van der Waals surface area contributed by atoms with Crippen LogP contribution in [0.2, 0.25) is 0 Å². The van der Waals surface area contributed by atoms with E-state index in [2.05, 4.69) is 5.32 Å². The SMILES string of the molecule is COc1ccc(S(=O)(=O)N(CC(=O)NCCc2ccccc2)C(C(N)=O)C(C)C)cc1. The van der Waals surface area contributed by atoms with Gasteiger partial charge in [0.05, 0.1) is 18.6 Å². The summed E-state index contributed by atoms with van der Waals surface area (Å²) in [4.78, 5) is 24.6. The lowest BCUT2D eigenvalue weighted by Gasteiger charge is -2.30. The van der Waals surface area contributed by atoms with Crippen LogP contribution in [0.25, 0.3) is 0 Å². The molecule has 2 amide bonds. The minimum Gasteiger partial charge on any atom is -0.497 e. The standard InChI is InChI=1S/C22H29N3O5S/c1-16(2)21(22(23)27)25(31(28,29)19-11-9-18(30-3)10-12-19)15-20(26)24-14-13-17-7-5-4-6-8-17/h4-12,16,21H,13-15H2,1-3H3,(H2,23,27)(H,24,26). The van der Waals surface area contributed by atoms with Crippen LogP contribution in [0.15, 0.2) is 59.5 Å². The van der Waals surface area contributed by atoms with Gasteiger partial charge in [-0.05, 0) is 42.2 Å². The molecule has 2 aromatic rings. The molecule has 0 heterocycles. The maximum absolute atomic E-state index is 13.3. The van der Waals surface area contributed by atoms with Gasteiger partial charge in [0, 0.05) is 6.54 Å². The summed E-state index contributed by atoms with van der Waals surface area (Å²) >= 11 is 0. The third-order valence-corrected chi connectivity index (χ3v) is 6.62. The van der Waals surface area contributed by atoms with E-state index in [1.165, 1.54) is 31.4 Å². The molecule has 2 rings (SSSR count). The highest BCUT2D eigenvalue weighted by atomic mass is 32.2. The molecule has 3 N–H and O–H groups in total. The number of nitrogens with two attached hydrogens (primary N) is 1. The molecule has 0 aliphatic rings. The van der Waals surface area contributed by atoms with Crippen molar-refractivity contribution in [3.63, 3.8) is 0 Å². The number of carbonyl (C=O) groups excluding carboxylic acids is 2. The van der Waals surface area contributed by atoms with Crippen LogP contribution < -0.4 is 15.8 Å². The average Bonchev–Trinajstić information content (AvgIpc) is 2.73. The third kappa shape index (κ3) is 6.53. The Labute approximate surface area is 183 Å². The molecule has 0 aromatic heterocycles. The second-order valence-corrected chi connectivity index (χ2v) is 9.29. The Kier molecular flexibility index (Phi) is 8.58. The maximum Gasteiger partial charge on any atom is 0.244 e. The van der Waals surface area contributed by atoms with E-state index >= 15 is 0 Å². The van der Waals surface area contributed by atoms with Crippen molar-refractivity contribution in [2.75, 3.05) is 20.2 Å². The van der Waals surface area contributed by atoms with Gasteiger partial charge in [0.15, 0.2) is 0 Å². The Bertz CT molecular complexity index is 976. The quantitative estimate of drug-likeness (QED) is 0.542. The van der Waals surface area contributed by atoms with Crippen LogP contribution in [0.1, 0.15) is 19.4 Å². The number of primary amides is 1. The molecule has 0 saturated carbocycles. The largest absolute Gasteiger partial charge is 0.497 e. The first kappa shape index (κ1) is 24.4. The van der Waals surface area contributed by atoms with Crippen molar-refractivity contribution < 1.29 is 22.7 Å². The molecule has 0 aliphatic heterocycles. The second-order valence-electron chi connectivity index (χ2n) is 7.40. The number of nitrogens with one attached hydrogen (secondary N) is 1. The summed E-state index contributed by atoms with van der Waals surface area (Å²) in [6, 6.07) is 14.1. The molecule has 168 valence electrons. The van der Waals surface area contributed by atoms with E-state index in [0.29, 0.717) is 18.7 Å². The highest BCUT2D eigenvalue weighted by Crippen LogP contribution is 2.23. The normalized spacial score (nSPS) is 12.5. The van der Waals surface area contributed by atoms with Gasteiger partial charge in [-0.3, -0.25) is 9.59 Å². The minimum absolute atomic E-state index is 0.0581. The van der Waals surface area contributed by atoms with Crippen LogP contribution in [-0.4, -0.2) is 50.8 Å². The Morgan fingerprint density at radius 1 is 1.06 bits per heavy atom. The second kappa shape index (κ2) is 10.9. The third-order valence-electron chi connectivity index (χ3n) is 4.78. The van der Waals surface area contributed by atoms with Crippen molar-refractivity contribution in [2.45, 2.75) is 31.2 Å². The first-order valence-corrected chi connectivity index (χ1v) is 11.4. The van der Waals surface area contributed by atoms with Gasteiger partial charge >= 0.3 is 0 Å². The zero-order valence-corrected chi connectivity index (χ0v) is 18.8. The van der Waals surface area contributed by atoms with Gasteiger partial charge in [0.25, 0.3) is 0 Å². The van der Waals surface area contributed by atoms with Gasteiger partial charge in [-0.2, -0.15) is 4.31 Å². The number of nitrogens with zero attached hydrogens (tertiary/aromatic N) is 1. The van der Waals surface area contributed by atoms with E-state index in [9.17, 15) is 18.0 Å². The van der Waals surface area contributed by atoms with E-state index < -0.39 is 40.3 Å². The number of sulfonamides is 1. The number of benzene rings is 2. The van der Waals surface area contributed by atoms with Crippen molar-refractivity contribution in [3.05, 3.63) is 60.2 Å². The topological polar surface area (TPSA) is 119 Å². The van der Waals surface area contributed by atoms with Gasteiger partial charge in [-0.1, -0.05) is 44.2 Å². The van der Waals surface area contributed by atoms with Crippen LogP contribution in [0, 0.1) is 5.92 Å². The van der Waals surface area contributed by atoms with Crippen molar-refractivity contribution in [1.29, 1.82) is 0 Å². The Balaban J connectivity index is 2.23. The van der Waals surface area contributed by atoms with Gasteiger partial charge in [-0.25, -0.2) is 8.42 Å².